The summed E-state index contributed by atoms with van der Waals surface area (Å²) in [5, 5.41) is 0. The van der Waals surface area contributed by atoms with Gasteiger partial charge in [-0.3, -0.25) is 0 Å². The van der Waals surface area contributed by atoms with E-state index < -0.39 is 0 Å². The highest BCUT2D eigenvalue weighted by Gasteiger charge is 2.04. The minimum atomic E-state index is 0.584. The van der Waals surface area contributed by atoms with E-state index in [9.17, 15) is 0 Å². The summed E-state index contributed by atoms with van der Waals surface area (Å²) in [4.78, 5) is 6.65. The van der Waals surface area contributed by atoms with Crippen molar-refractivity contribution in [3.05, 3.63) is 59.3 Å². The number of hydrogen-bond acceptors (Lipinski definition) is 3. The smallest absolute Gasteiger partial charge is 0.128 e. The number of pyridine rings is 1. The van der Waals surface area contributed by atoms with Crippen LogP contribution in [-0.2, 0) is 13.1 Å². The number of nitrogens with zero attached hydrogens (tertiary/aromatic N) is 2. The van der Waals surface area contributed by atoms with Gasteiger partial charge in [0.15, 0.2) is 0 Å². The zero-order chi connectivity index (χ0) is 13.0. The van der Waals surface area contributed by atoms with Crippen LogP contribution in [0.4, 0.5) is 5.82 Å². The average Bonchev–Trinajstić information content (AvgIpc) is 2.39. The van der Waals surface area contributed by atoms with Gasteiger partial charge in [0.05, 0.1) is 0 Å². The first kappa shape index (κ1) is 12.6. The van der Waals surface area contributed by atoms with E-state index in [0.29, 0.717) is 6.54 Å². The van der Waals surface area contributed by atoms with E-state index in [1.54, 1.807) is 0 Å². The van der Waals surface area contributed by atoms with Crippen molar-refractivity contribution in [1.82, 2.24) is 4.98 Å². The maximum Gasteiger partial charge on any atom is 0.128 e. The van der Waals surface area contributed by atoms with E-state index in [-0.39, 0.29) is 0 Å². The number of anilines is 1. The zero-order valence-corrected chi connectivity index (χ0v) is 10.9. The standard InChI is InChI=1S/C15H19N3/c1-12-5-3-8-15(17-12)18(2)11-14-7-4-6-13(9-14)10-16/h3-9H,10-11,16H2,1-2H3. The van der Waals surface area contributed by atoms with Crippen LogP contribution in [0.2, 0.25) is 0 Å². The molecule has 2 aromatic rings. The van der Waals surface area contributed by atoms with Gasteiger partial charge in [0, 0.05) is 25.8 Å². The molecule has 0 aliphatic carbocycles. The highest BCUT2D eigenvalue weighted by Crippen LogP contribution is 2.14. The molecular weight excluding hydrogens is 222 g/mol. The molecule has 0 saturated carbocycles. The molecule has 18 heavy (non-hydrogen) atoms. The number of hydrogen-bond donors (Lipinski definition) is 1. The van der Waals surface area contributed by atoms with Crippen molar-refractivity contribution in [2.24, 2.45) is 5.73 Å². The first-order chi connectivity index (χ1) is 8.69. The van der Waals surface area contributed by atoms with Crippen molar-refractivity contribution in [3.8, 4) is 0 Å². The van der Waals surface area contributed by atoms with Crippen LogP contribution >= 0.6 is 0 Å². The minimum Gasteiger partial charge on any atom is -0.355 e. The number of aromatic nitrogens is 1. The second-order valence-electron chi connectivity index (χ2n) is 4.52. The molecule has 2 N–H and O–H groups in total. The van der Waals surface area contributed by atoms with Gasteiger partial charge in [0.1, 0.15) is 5.82 Å². The van der Waals surface area contributed by atoms with Crippen LogP contribution in [0.15, 0.2) is 42.5 Å². The van der Waals surface area contributed by atoms with E-state index in [4.69, 9.17) is 5.73 Å². The van der Waals surface area contributed by atoms with Gasteiger partial charge in [-0.05, 0) is 30.2 Å². The second kappa shape index (κ2) is 5.65. The molecule has 0 atom stereocenters. The molecule has 0 saturated heterocycles. The molecule has 1 aromatic carbocycles. The van der Waals surface area contributed by atoms with Crippen molar-refractivity contribution >= 4 is 5.82 Å². The van der Waals surface area contributed by atoms with Crippen molar-refractivity contribution < 1.29 is 0 Å². The Morgan fingerprint density at radius 2 is 1.83 bits per heavy atom. The molecule has 0 amide bonds. The first-order valence-corrected chi connectivity index (χ1v) is 6.12. The average molecular weight is 241 g/mol. The fourth-order valence-electron chi connectivity index (χ4n) is 1.95. The lowest BCUT2D eigenvalue weighted by Crippen LogP contribution is -2.18. The Labute approximate surface area is 108 Å². The van der Waals surface area contributed by atoms with Crippen molar-refractivity contribution in [1.29, 1.82) is 0 Å². The Bertz CT molecular complexity index is 523. The van der Waals surface area contributed by atoms with Gasteiger partial charge >= 0.3 is 0 Å². The van der Waals surface area contributed by atoms with Crippen LogP contribution < -0.4 is 10.6 Å². The molecule has 0 fully saturated rings. The molecule has 3 nitrogen and oxygen atoms in total. The van der Waals surface area contributed by atoms with Crippen LogP contribution in [0.1, 0.15) is 16.8 Å². The summed E-state index contributed by atoms with van der Waals surface area (Å²) in [7, 11) is 2.05. The van der Waals surface area contributed by atoms with Gasteiger partial charge in [-0.2, -0.15) is 0 Å². The van der Waals surface area contributed by atoms with Gasteiger partial charge in [0.2, 0.25) is 0 Å². The second-order valence-corrected chi connectivity index (χ2v) is 4.52. The van der Waals surface area contributed by atoms with Gasteiger partial charge in [-0.1, -0.05) is 30.3 Å². The molecule has 0 aliphatic rings. The molecule has 0 radical (unpaired) electrons. The van der Waals surface area contributed by atoms with Gasteiger partial charge < -0.3 is 10.6 Å². The summed E-state index contributed by atoms with van der Waals surface area (Å²) in [6.07, 6.45) is 0. The number of benzene rings is 1. The van der Waals surface area contributed by atoms with Crippen molar-refractivity contribution in [2.45, 2.75) is 20.0 Å². The molecule has 1 aromatic heterocycles. The lowest BCUT2D eigenvalue weighted by atomic mass is 10.1. The van der Waals surface area contributed by atoms with Crippen LogP contribution in [0.5, 0.6) is 0 Å². The third-order valence-corrected chi connectivity index (χ3v) is 2.91. The fraction of sp³-hybridized carbons (Fsp3) is 0.267. The molecule has 0 spiro atoms. The quantitative estimate of drug-likeness (QED) is 0.894. The van der Waals surface area contributed by atoms with Crippen molar-refractivity contribution in [2.75, 3.05) is 11.9 Å². The molecule has 0 bridgehead atoms. The zero-order valence-electron chi connectivity index (χ0n) is 10.9. The van der Waals surface area contributed by atoms with E-state index in [1.165, 1.54) is 5.56 Å². The molecular formula is C15H19N3. The summed E-state index contributed by atoms with van der Waals surface area (Å²) in [6, 6.07) is 14.4. The largest absolute Gasteiger partial charge is 0.355 e. The highest BCUT2D eigenvalue weighted by atomic mass is 15.2. The van der Waals surface area contributed by atoms with Crippen molar-refractivity contribution in [3.63, 3.8) is 0 Å². The van der Waals surface area contributed by atoms with Crippen LogP contribution in [0, 0.1) is 6.92 Å². The van der Waals surface area contributed by atoms with Crippen LogP contribution in [-0.4, -0.2) is 12.0 Å². The minimum absolute atomic E-state index is 0.584. The summed E-state index contributed by atoms with van der Waals surface area (Å²) in [5.41, 5.74) is 9.11. The highest BCUT2D eigenvalue weighted by molar-refractivity contribution is 5.39. The van der Waals surface area contributed by atoms with E-state index in [1.807, 2.05) is 25.1 Å². The SMILES string of the molecule is Cc1cccc(N(C)Cc2cccc(CN)c2)n1. The molecule has 0 unspecified atom stereocenters. The number of nitrogens with two attached hydrogens (primary N) is 1. The monoisotopic (exact) mass is 241 g/mol. The third kappa shape index (κ3) is 3.08. The Balaban J connectivity index is 2.13. The molecule has 94 valence electrons. The summed E-state index contributed by atoms with van der Waals surface area (Å²) >= 11 is 0. The number of rotatable bonds is 4. The molecule has 2 rings (SSSR count). The lowest BCUT2D eigenvalue weighted by Gasteiger charge is -2.19. The molecule has 3 heteroatoms. The molecule has 1 heterocycles. The normalized spacial score (nSPS) is 10.4. The summed E-state index contributed by atoms with van der Waals surface area (Å²) in [5.74, 6) is 0.994. The van der Waals surface area contributed by atoms with Gasteiger partial charge in [0.25, 0.3) is 0 Å². The predicted octanol–water partition coefficient (Wildman–Crippen LogP) is 2.49. The van der Waals surface area contributed by atoms with Gasteiger partial charge in [-0.25, -0.2) is 4.98 Å². The van der Waals surface area contributed by atoms with E-state index in [2.05, 4.69) is 41.2 Å². The summed E-state index contributed by atoms with van der Waals surface area (Å²) < 4.78 is 0. The van der Waals surface area contributed by atoms with E-state index in [0.717, 1.165) is 23.6 Å². The van der Waals surface area contributed by atoms with E-state index >= 15 is 0 Å². The summed E-state index contributed by atoms with van der Waals surface area (Å²) in [6.45, 7) is 3.43. The van der Waals surface area contributed by atoms with Gasteiger partial charge in [-0.15, -0.1) is 0 Å². The van der Waals surface area contributed by atoms with Crippen LogP contribution in [0.3, 0.4) is 0 Å². The predicted molar refractivity (Wildman–Crippen MR) is 75.4 cm³/mol. The first-order valence-electron chi connectivity index (χ1n) is 6.12. The van der Waals surface area contributed by atoms with Crippen LogP contribution in [0.25, 0.3) is 0 Å². The number of aryl methyl sites for hydroxylation is 1. The Morgan fingerprint density at radius 3 is 2.56 bits per heavy atom. The Hall–Kier alpha value is -1.87. The topological polar surface area (TPSA) is 42.1 Å². The third-order valence-electron chi connectivity index (χ3n) is 2.91. The maximum absolute atomic E-state index is 5.65. The molecule has 0 aliphatic heterocycles. The maximum atomic E-state index is 5.65. The lowest BCUT2D eigenvalue weighted by molar-refractivity contribution is 0.888. The Kier molecular flexibility index (Phi) is 3.95. The Morgan fingerprint density at radius 1 is 1.11 bits per heavy atom. The fourth-order valence-corrected chi connectivity index (χ4v) is 1.95.